The summed E-state index contributed by atoms with van der Waals surface area (Å²) in [6.07, 6.45) is 4.89. The minimum atomic E-state index is 0.255. The Hall–Kier alpha value is -1.87. The van der Waals surface area contributed by atoms with E-state index in [4.69, 9.17) is 0 Å². The van der Waals surface area contributed by atoms with Crippen molar-refractivity contribution in [2.24, 2.45) is 0 Å². The molecule has 3 atom stereocenters. The number of piperidine rings is 1. The van der Waals surface area contributed by atoms with E-state index in [9.17, 15) is 4.79 Å². The Morgan fingerprint density at radius 2 is 1.70 bits per heavy atom. The van der Waals surface area contributed by atoms with Crippen molar-refractivity contribution in [2.75, 3.05) is 7.05 Å². The SMILES string of the molecule is CN1[C@@H]2CC[C@H]1CC(N1Cc3ccc4ccccc4c3C1=O)C2. The van der Waals surface area contributed by atoms with Gasteiger partial charge in [0, 0.05) is 24.7 Å². The molecule has 118 valence electrons. The summed E-state index contributed by atoms with van der Waals surface area (Å²) < 4.78 is 0. The van der Waals surface area contributed by atoms with E-state index in [1.54, 1.807) is 0 Å². The van der Waals surface area contributed by atoms with Crippen molar-refractivity contribution in [1.82, 2.24) is 9.80 Å². The summed E-state index contributed by atoms with van der Waals surface area (Å²) >= 11 is 0. The highest BCUT2D eigenvalue weighted by molar-refractivity contribution is 6.10. The van der Waals surface area contributed by atoms with Gasteiger partial charge >= 0.3 is 0 Å². The molecule has 2 aromatic rings. The molecule has 3 nitrogen and oxygen atoms in total. The predicted octanol–water partition coefficient (Wildman–Crippen LogP) is 3.42. The van der Waals surface area contributed by atoms with Crippen LogP contribution in [0.1, 0.15) is 41.6 Å². The maximum Gasteiger partial charge on any atom is 0.255 e. The van der Waals surface area contributed by atoms with Crippen LogP contribution in [0.3, 0.4) is 0 Å². The molecule has 0 aromatic heterocycles. The number of hydrogen-bond acceptors (Lipinski definition) is 2. The summed E-state index contributed by atoms with van der Waals surface area (Å²) in [7, 11) is 2.26. The van der Waals surface area contributed by atoms with Crippen LogP contribution in [0.2, 0.25) is 0 Å². The molecule has 0 saturated carbocycles. The number of carbonyl (C=O) groups excluding carboxylic acids is 1. The highest BCUT2D eigenvalue weighted by Gasteiger charge is 2.43. The smallest absolute Gasteiger partial charge is 0.255 e. The van der Waals surface area contributed by atoms with Crippen LogP contribution in [0.25, 0.3) is 10.8 Å². The lowest BCUT2D eigenvalue weighted by atomic mass is 9.96. The zero-order valence-corrected chi connectivity index (χ0v) is 13.5. The predicted molar refractivity (Wildman–Crippen MR) is 91.4 cm³/mol. The second-order valence-electron chi connectivity index (χ2n) is 7.43. The third-order valence-electron chi connectivity index (χ3n) is 6.34. The molecule has 0 radical (unpaired) electrons. The fraction of sp³-hybridized carbons (Fsp3) is 0.450. The van der Waals surface area contributed by atoms with Gasteiger partial charge in [0.15, 0.2) is 0 Å². The van der Waals surface area contributed by atoms with Crippen molar-refractivity contribution in [2.45, 2.75) is 50.4 Å². The average molecular weight is 306 g/mol. The zero-order chi connectivity index (χ0) is 15.6. The second-order valence-corrected chi connectivity index (χ2v) is 7.43. The lowest BCUT2D eigenvalue weighted by molar-refractivity contribution is 0.0508. The zero-order valence-electron chi connectivity index (χ0n) is 13.5. The second kappa shape index (κ2) is 4.81. The molecule has 2 aromatic carbocycles. The molecule has 2 saturated heterocycles. The first-order valence-electron chi connectivity index (χ1n) is 8.76. The Bertz CT molecular complexity index is 785. The minimum absolute atomic E-state index is 0.255. The van der Waals surface area contributed by atoms with E-state index in [0.29, 0.717) is 18.1 Å². The summed E-state index contributed by atoms with van der Waals surface area (Å²) in [4.78, 5) is 17.8. The third-order valence-corrected chi connectivity index (χ3v) is 6.34. The van der Waals surface area contributed by atoms with Crippen molar-refractivity contribution < 1.29 is 4.79 Å². The molecule has 3 aliphatic rings. The number of carbonyl (C=O) groups is 1. The first kappa shape index (κ1) is 13.6. The third kappa shape index (κ3) is 1.89. The number of amides is 1. The van der Waals surface area contributed by atoms with E-state index < -0.39 is 0 Å². The summed E-state index contributed by atoms with van der Waals surface area (Å²) in [5, 5.41) is 2.29. The molecule has 1 amide bonds. The molecule has 1 unspecified atom stereocenters. The van der Waals surface area contributed by atoms with Crippen molar-refractivity contribution in [3.63, 3.8) is 0 Å². The molecule has 2 bridgehead atoms. The van der Waals surface area contributed by atoms with Gasteiger partial charge in [0.1, 0.15) is 0 Å². The van der Waals surface area contributed by atoms with E-state index in [2.05, 4.69) is 41.1 Å². The van der Waals surface area contributed by atoms with Crippen molar-refractivity contribution in [3.05, 3.63) is 47.5 Å². The molecule has 3 heteroatoms. The molecule has 0 N–H and O–H groups in total. The molecule has 0 spiro atoms. The average Bonchev–Trinajstić information content (AvgIpc) is 2.99. The van der Waals surface area contributed by atoms with Gasteiger partial charge < -0.3 is 9.80 Å². The van der Waals surface area contributed by atoms with Gasteiger partial charge in [-0.15, -0.1) is 0 Å². The molecule has 5 rings (SSSR count). The summed E-state index contributed by atoms with van der Waals surface area (Å²) in [6.45, 7) is 0.798. The van der Waals surface area contributed by atoms with Gasteiger partial charge in [-0.05, 0) is 49.1 Å². The molecular formula is C20H22N2O. The summed E-state index contributed by atoms with van der Waals surface area (Å²) in [5.41, 5.74) is 2.16. The molecule has 3 aliphatic heterocycles. The van der Waals surface area contributed by atoms with Gasteiger partial charge in [-0.3, -0.25) is 4.79 Å². The first-order chi connectivity index (χ1) is 11.2. The number of hydrogen-bond donors (Lipinski definition) is 0. The van der Waals surface area contributed by atoms with E-state index in [1.165, 1.54) is 23.8 Å². The fourth-order valence-corrected chi connectivity index (χ4v) is 5.03. The molecule has 0 aliphatic carbocycles. The normalized spacial score (nSPS) is 30.2. The highest BCUT2D eigenvalue weighted by Crippen LogP contribution is 2.39. The number of fused-ring (bicyclic) bond motifs is 5. The molecule has 3 heterocycles. The number of rotatable bonds is 1. The van der Waals surface area contributed by atoms with Crippen LogP contribution in [0.4, 0.5) is 0 Å². The van der Waals surface area contributed by atoms with Gasteiger partial charge in [0.05, 0.1) is 5.56 Å². The maximum absolute atomic E-state index is 13.1. The van der Waals surface area contributed by atoms with Crippen LogP contribution in [0.5, 0.6) is 0 Å². The standard InChI is InChI=1S/C20H22N2O/c1-21-15-8-9-16(21)11-17(10-15)22-12-14-7-6-13-4-2-3-5-18(13)19(14)20(22)23/h2-7,15-17H,8-12H2,1H3/t15-,16+,17?. The van der Waals surface area contributed by atoms with E-state index >= 15 is 0 Å². The van der Waals surface area contributed by atoms with Gasteiger partial charge in [0.25, 0.3) is 5.91 Å². The Balaban J connectivity index is 1.51. The van der Waals surface area contributed by atoms with Crippen molar-refractivity contribution in [1.29, 1.82) is 0 Å². The van der Waals surface area contributed by atoms with Gasteiger partial charge in [0.2, 0.25) is 0 Å². The summed E-state index contributed by atoms with van der Waals surface area (Å²) in [5.74, 6) is 0.255. The monoisotopic (exact) mass is 306 g/mol. The van der Waals surface area contributed by atoms with Crippen molar-refractivity contribution in [3.8, 4) is 0 Å². The number of benzene rings is 2. The molecular weight excluding hydrogens is 284 g/mol. The molecule has 23 heavy (non-hydrogen) atoms. The van der Waals surface area contributed by atoms with Gasteiger partial charge in [-0.25, -0.2) is 0 Å². The van der Waals surface area contributed by atoms with Crippen LogP contribution < -0.4 is 0 Å². The topological polar surface area (TPSA) is 23.6 Å². The lowest BCUT2D eigenvalue weighted by Gasteiger charge is -2.40. The first-order valence-corrected chi connectivity index (χ1v) is 8.76. The maximum atomic E-state index is 13.1. The minimum Gasteiger partial charge on any atom is -0.331 e. The van der Waals surface area contributed by atoms with E-state index in [-0.39, 0.29) is 5.91 Å². The van der Waals surface area contributed by atoms with Crippen LogP contribution in [-0.2, 0) is 6.54 Å². The highest BCUT2D eigenvalue weighted by atomic mass is 16.2. The van der Waals surface area contributed by atoms with Crippen molar-refractivity contribution >= 4 is 16.7 Å². The van der Waals surface area contributed by atoms with E-state index in [1.807, 2.05) is 12.1 Å². The molecule has 2 fully saturated rings. The van der Waals surface area contributed by atoms with Crippen LogP contribution in [-0.4, -0.2) is 40.9 Å². The Morgan fingerprint density at radius 3 is 2.48 bits per heavy atom. The van der Waals surface area contributed by atoms with Crippen LogP contribution in [0, 0.1) is 0 Å². The Kier molecular flexibility index (Phi) is 2.84. The van der Waals surface area contributed by atoms with Gasteiger partial charge in [-0.1, -0.05) is 36.4 Å². The largest absolute Gasteiger partial charge is 0.331 e. The van der Waals surface area contributed by atoms with E-state index in [0.717, 1.165) is 30.3 Å². The lowest BCUT2D eigenvalue weighted by Crippen LogP contribution is -2.49. The summed E-state index contributed by atoms with van der Waals surface area (Å²) in [6, 6.07) is 14.3. The van der Waals surface area contributed by atoms with Crippen LogP contribution in [0.15, 0.2) is 36.4 Å². The fourth-order valence-electron chi connectivity index (χ4n) is 5.03. The van der Waals surface area contributed by atoms with Crippen LogP contribution >= 0.6 is 0 Å². The number of nitrogens with zero attached hydrogens (tertiary/aromatic N) is 2. The Labute approximate surface area is 136 Å². The quantitative estimate of drug-likeness (QED) is 0.806. The van der Waals surface area contributed by atoms with Gasteiger partial charge in [-0.2, -0.15) is 0 Å². The Morgan fingerprint density at radius 1 is 0.957 bits per heavy atom.